The van der Waals surface area contributed by atoms with Crippen molar-refractivity contribution in [3.63, 3.8) is 0 Å². The minimum atomic E-state index is 0.359. The van der Waals surface area contributed by atoms with Crippen LogP contribution in [0.4, 0.5) is 6.01 Å². The summed E-state index contributed by atoms with van der Waals surface area (Å²) in [6.07, 6.45) is 2.31. The van der Waals surface area contributed by atoms with Crippen molar-refractivity contribution in [2.75, 3.05) is 12.4 Å². The van der Waals surface area contributed by atoms with Gasteiger partial charge in [-0.3, -0.25) is 0 Å². The van der Waals surface area contributed by atoms with E-state index in [0.717, 1.165) is 6.42 Å². The molecule has 92 valence electrons. The normalized spacial score (nSPS) is 14.8. The molecule has 0 amide bonds. The van der Waals surface area contributed by atoms with Gasteiger partial charge in [-0.25, -0.2) is 0 Å². The number of hydrogen-bond donors (Lipinski definition) is 2. The summed E-state index contributed by atoms with van der Waals surface area (Å²) in [6, 6.07) is 0.874. The lowest BCUT2D eigenvalue weighted by atomic mass is 10.0. The Balaban J connectivity index is 2.40. The van der Waals surface area contributed by atoms with E-state index < -0.39 is 0 Å². The standard InChI is InChI=1S/C11H22N4O/c1-5-8(2)6-9(3)13-11-15-14-10(16-11)7-12-4/h8-9,12H,5-7H2,1-4H3,(H,13,15). The monoisotopic (exact) mass is 226 g/mol. The molecule has 2 N–H and O–H groups in total. The molecule has 0 spiro atoms. The van der Waals surface area contributed by atoms with Crippen molar-refractivity contribution in [3.8, 4) is 0 Å². The number of nitrogens with zero attached hydrogens (tertiary/aromatic N) is 2. The molecule has 1 aromatic rings. The van der Waals surface area contributed by atoms with E-state index in [0.29, 0.717) is 30.4 Å². The van der Waals surface area contributed by atoms with Gasteiger partial charge in [-0.1, -0.05) is 25.4 Å². The highest BCUT2D eigenvalue weighted by molar-refractivity contribution is 5.18. The van der Waals surface area contributed by atoms with Crippen LogP contribution in [0.25, 0.3) is 0 Å². The average Bonchev–Trinajstić information content (AvgIpc) is 2.65. The quantitative estimate of drug-likeness (QED) is 0.744. The summed E-state index contributed by atoms with van der Waals surface area (Å²) in [6.45, 7) is 7.19. The Labute approximate surface area is 97.0 Å². The molecule has 0 saturated carbocycles. The van der Waals surface area contributed by atoms with Gasteiger partial charge in [0.1, 0.15) is 0 Å². The fourth-order valence-electron chi connectivity index (χ4n) is 1.57. The van der Waals surface area contributed by atoms with Gasteiger partial charge in [0.05, 0.1) is 6.54 Å². The van der Waals surface area contributed by atoms with Gasteiger partial charge >= 0.3 is 6.01 Å². The van der Waals surface area contributed by atoms with Crippen LogP contribution in [0.3, 0.4) is 0 Å². The van der Waals surface area contributed by atoms with Crippen molar-refractivity contribution >= 4 is 6.01 Å². The summed E-state index contributed by atoms with van der Waals surface area (Å²) in [5, 5.41) is 14.0. The average molecular weight is 226 g/mol. The van der Waals surface area contributed by atoms with Crippen molar-refractivity contribution in [2.24, 2.45) is 5.92 Å². The number of anilines is 1. The minimum absolute atomic E-state index is 0.359. The predicted molar refractivity (Wildman–Crippen MR) is 64.2 cm³/mol. The lowest BCUT2D eigenvalue weighted by Gasteiger charge is -2.15. The van der Waals surface area contributed by atoms with E-state index in [9.17, 15) is 0 Å². The molecule has 0 bridgehead atoms. The molecule has 16 heavy (non-hydrogen) atoms. The van der Waals surface area contributed by atoms with Gasteiger partial charge in [-0.2, -0.15) is 0 Å². The predicted octanol–water partition coefficient (Wildman–Crippen LogP) is 2.03. The van der Waals surface area contributed by atoms with E-state index in [4.69, 9.17) is 4.42 Å². The Bertz CT molecular complexity index is 300. The minimum Gasteiger partial charge on any atom is -0.407 e. The first-order chi connectivity index (χ1) is 7.65. The molecule has 0 radical (unpaired) electrons. The summed E-state index contributed by atoms with van der Waals surface area (Å²) in [4.78, 5) is 0. The highest BCUT2D eigenvalue weighted by atomic mass is 16.4. The van der Waals surface area contributed by atoms with Crippen molar-refractivity contribution in [3.05, 3.63) is 5.89 Å². The van der Waals surface area contributed by atoms with E-state index in [1.54, 1.807) is 0 Å². The van der Waals surface area contributed by atoms with Gasteiger partial charge in [-0.05, 0) is 26.3 Å². The van der Waals surface area contributed by atoms with Gasteiger partial charge in [0.25, 0.3) is 0 Å². The van der Waals surface area contributed by atoms with E-state index in [1.807, 2.05) is 7.05 Å². The smallest absolute Gasteiger partial charge is 0.315 e. The second-order valence-corrected chi connectivity index (χ2v) is 4.33. The Morgan fingerprint density at radius 1 is 1.31 bits per heavy atom. The molecular formula is C11H22N4O. The van der Waals surface area contributed by atoms with Crippen LogP contribution in [0.2, 0.25) is 0 Å². The highest BCUT2D eigenvalue weighted by Crippen LogP contribution is 2.14. The van der Waals surface area contributed by atoms with Gasteiger partial charge in [-0.15, -0.1) is 5.10 Å². The fourth-order valence-corrected chi connectivity index (χ4v) is 1.57. The summed E-state index contributed by atoms with van der Waals surface area (Å²) < 4.78 is 5.41. The third-order valence-corrected chi connectivity index (χ3v) is 2.62. The maximum atomic E-state index is 5.41. The number of hydrogen-bond acceptors (Lipinski definition) is 5. The van der Waals surface area contributed by atoms with Crippen molar-refractivity contribution in [2.45, 2.75) is 46.2 Å². The van der Waals surface area contributed by atoms with Crippen LogP contribution >= 0.6 is 0 Å². The largest absolute Gasteiger partial charge is 0.407 e. The van der Waals surface area contributed by atoms with Gasteiger partial charge in [0.15, 0.2) is 0 Å². The van der Waals surface area contributed by atoms with E-state index in [1.165, 1.54) is 6.42 Å². The van der Waals surface area contributed by atoms with Gasteiger partial charge < -0.3 is 15.1 Å². The van der Waals surface area contributed by atoms with Crippen molar-refractivity contribution < 1.29 is 4.42 Å². The molecule has 2 unspecified atom stereocenters. The molecular weight excluding hydrogens is 204 g/mol. The summed E-state index contributed by atoms with van der Waals surface area (Å²) in [7, 11) is 1.85. The molecule has 0 aromatic carbocycles. The lowest BCUT2D eigenvalue weighted by molar-refractivity contribution is 0.457. The molecule has 0 aliphatic heterocycles. The zero-order chi connectivity index (χ0) is 12.0. The number of nitrogens with one attached hydrogen (secondary N) is 2. The van der Waals surface area contributed by atoms with Crippen LogP contribution in [0.15, 0.2) is 4.42 Å². The Morgan fingerprint density at radius 2 is 2.06 bits per heavy atom. The van der Waals surface area contributed by atoms with Gasteiger partial charge in [0, 0.05) is 6.04 Å². The molecule has 1 aromatic heterocycles. The molecule has 0 aliphatic rings. The Kier molecular flexibility index (Phi) is 5.25. The third kappa shape index (κ3) is 4.18. The molecule has 2 atom stereocenters. The van der Waals surface area contributed by atoms with Crippen molar-refractivity contribution in [1.82, 2.24) is 15.5 Å². The van der Waals surface area contributed by atoms with Crippen molar-refractivity contribution in [1.29, 1.82) is 0 Å². The topological polar surface area (TPSA) is 63.0 Å². The van der Waals surface area contributed by atoms with E-state index >= 15 is 0 Å². The molecule has 1 heterocycles. The van der Waals surface area contributed by atoms with E-state index in [2.05, 4.69) is 41.6 Å². The van der Waals surface area contributed by atoms with Crippen LogP contribution in [0, 0.1) is 5.92 Å². The van der Waals surface area contributed by atoms with Gasteiger partial charge in [0.2, 0.25) is 5.89 Å². The first-order valence-corrected chi connectivity index (χ1v) is 5.89. The molecule has 5 nitrogen and oxygen atoms in total. The number of aromatic nitrogens is 2. The Morgan fingerprint density at radius 3 is 2.69 bits per heavy atom. The summed E-state index contributed by atoms with van der Waals surface area (Å²) >= 11 is 0. The molecule has 5 heteroatoms. The Hall–Kier alpha value is -1.10. The molecule has 1 rings (SSSR count). The first-order valence-electron chi connectivity index (χ1n) is 5.89. The zero-order valence-electron chi connectivity index (χ0n) is 10.6. The SMILES string of the molecule is CCC(C)CC(C)Nc1nnc(CNC)o1. The van der Waals surface area contributed by atoms with E-state index in [-0.39, 0.29) is 0 Å². The zero-order valence-corrected chi connectivity index (χ0v) is 10.6. The third-order valence-electron chi connectivity index (χ3n) is 2.62. The van der Waals surface area contributed by atoms with Crippen LogP contribution in [0.1, 0.15) is 39.5 Å². The highest BCUT2D eigenvalue weighted by Gasteiger charge is 2.10. The van der Waals surface area contributed by atoms with Crippen LogP contribution in [-0.2, 0) is 6.54 Å². The lowest BCUT2D eigenvalue weighted by Crippen LogP contribution is -2.18. The summed E-state index contributed by atoms with van der Waals surface area (Å²) in [5.41, 5.74) is 0. The maximum Gasteiger partial charge on any atom is 0.315 e. The fraction of sp³-hybridized carbons (Fsp3) is 0.818. The number of rotatable bonds is 7. The molecule has 0 aliphatic carbocycles. The maximum absolute atomic E-state index is 5.41. The first kappa shape index (κ1) is 13.0. The molecule has 0 saturated heterocycles. The van der Waals surface area contributed by atoms with Crippen LogP contribution in [-0.4, -0.2) is 23.3 Å². The molecule has 0 fully saturated rings. The summed E-state index contributed by atoms with van der Waals surface area (Å²) in [5.74, 6) is 1.32. The second-order valence-electron chi connectivity index (χ2n) is 4.33. The van der Waals surface area contributed by atoms with Crippen LogP contribution in [0.5, 0.6) is 0 Å². The van der Waals surface area contributed by atoms with Crippen LogP contribution < -0.4 is 10.6 Å². The second kappa shape index (κ2) is 6.48.